The molecule has 2 nitrogen and oxygen atoms in total. The molecule has 0 spiro atoms. The average molecular weight is 294 g/mol. The van der Waals surface area contributed by atoms with Crippen molar-refractivity contribution in [2.24, 2.45) is 0 Å². The van der Waals surface area contributed by atoms with Crippen LogP contribution >= 0.6 is 0 Å². The normalized spacial score (nSPS) is 19.9. The van der Waals surface area contributed by atoms with E-state index in [9.17, 15) is 0 Å². The zero-order chi connectivity index (χ0) is 15.5. The van der Waals surface area contributed by atoms with Crippen molar-refractivity contribution in [1.29, 1.82) is 0 Å². The maximum absolute atomic E-state index is 2.59. The van der Waals surface area contributed by atoms with E-state index in [2.05, 4.69) is 85.4 Å². The largest absolute Gasteiger partial charge is 0.306 e. The zero-order valence-electron chi connectivity index (χ0n) is 13.9. The second kappa shape index (κ2) is 6.64. The number of likely N-dealkylation sites (N-methyl/N-ethyl adjacent to an activating group) is 1. The lowest BCUT2D eigenvalue weighted by Gasteiger charge is -2.39. The molecule has 0 amide bonds. The minimum Gasteiger partial charge on any atom is -0.306 e. The van der Waals surface area contributed by atoms with Gasteiger partial charge in [-0.3, -0.25) is 4.90 Å². The first-order valence-electron chi connectivity index (χ1n) is 8.15. The molecule has 2 unspecified atom stereocenters. The van der Waals surface area contributed by atoms with E-state index in [1.807, 2.05) is 0 Å². The summed E-state index contributed by atoms with van der Waals surface area (Å²) in [5.74, 6) is 0.573. The van der Waals surface area contributed by atoms with Crippen LogP contribution in [-0.2, 0) is 13.1 Å². The van der Waals surface area contributed by atoms with Crippen molar-refractivity contribution < 1.29 is 0 Å². The van der Waals surface area contributed by atoms with E-state index >= 15 is 0 Å². The molecule has 2 aromatic rings. The minimum atomic E-state index is 0.541. The fourth-order valence-electron chi connectivity index (χ4n) is 3.46. The summed E-state index contributed by atoms with van der Waals surface area (Å²) in [4.78, 5) is 4.93. The predicted octanol–water partition coefficient (Wildman–Crippen LogP) is 3.74. The number of hydrogen-bond acceptors (Lipinski definition) is 2. The van der Waals surface area contributed by atoms with Gasteiger partial charge in [-0.15, -0.1) is 0 Å². The summed E-state index contributed by atoms with van der Waals surface area (Å²) in [5.41, 5.74) is 4.43. The van der Waals surface area contributed by atoms with Crippen molar-refractivity contribution in [3.05, 3.63) is 71.3 Å². The SMILES string of the molecule is CC(C1CN(Cc2ccccc2)Cc2ccccc21)N(C)C. The molecule has 3 rings (SSSR count). The van der Waals surface area contributed by atoms with Gasteiger partial charge in [0, 0.05) is 31.6 Å². The van der Waals surface area contributed by atoms with E-state index in [-0.39, 0.29) is 0 Å². The highest BCUT2D eigenvalue weighted by Crippen LogP contribution is 2.32. The quantitative estimate of drug-likeness (QED) is 0.847. The van der Waals surface area contributed by atoms with Crippen LogP contribution in [0.3, 0.4) is 0 Å². The van der Waals surface area contributed by atoms with Gasteiger partial charge >= 0.3 is 0 Å². The van der Waals surface area contributed by atoms with Crippen LogP contribution in [0.5, 0.6) is 0 Å². The molecule has 0 radical (unpaired) electrons. The Morgan fingerprint density at radius 3 is 2.45 bits per heavy atom. The Hall–Kier alpha value is -1.64. The van der Waals surface area contributed by atoms with Crippen molar-refractivity contribution in [2.45, 2.75) is 32.0 Å². The third-order valence-corrected chi connectivity index (χ3v) is 4.95. The van der Waals surface area contributed by atoms with Crippen LogP contribution in [0.15, 0.2) is 54.6 Å². The van der Waals surface area contributed by atoms with Gasteiger partial charge in [0.1, 0.15) is 0 Å². The second-order valence-electron chi connectivity index (χ2n) is 6.66. The molecule has 1 aliphatic rings. The van der Waals surface area contributed by atoms with Crippen LogP contribution in [0.25, 0.3) is 0 Å². The molecule has 0 N–H and O–H groups in total. The molecule has 0 aliphatic carbocycles. The summed E-state index contributed by atoms with van der Waals surface area (Å²) in [6.45, 7) is 5.56. The van der Waals surface area contributed by atoms with Crippen molar-refractivity contribution in [3.63, 3.8) is 0 Å². The highest BCUT2D eigenvalue weighted by molar-refractivity contribution is 5.34. The molecule has 0 aromatic heterocycles. The van der Waals surface area contributed by atoms with E-state index in [1.54, 1.807) is 0 Å². The second-order valence-corrected chi connectivity index (χ2v) is 6.66. The first-order chi connectivity index (χ1) is 10.6. The number of hydrogen-bond donors (Lipinski definition) is 0. The van der Waals surface area contributed by atoms with Crippen molar-refractivity contribution in [2.75, 3.05) is 20.6 Å². The van der Waals surface area contributed by atoms with Crippen LogP contribution in [0.1, 0.15) is 29.5 Å². The lowest BCUT2D eigenvalue weighted by molar-refractivity contribution is 0.170. The Balaban J connectivity index is 1.85. The van der Waals surface area contributed by atoms with E-state index < -0.39 is 0 Å². The van der Waals surface area contributed by atoms with Crippen molar-refractivity contribution in [1.82, 2.24) is 9.80 Å². The van der Waals surface area contributed by atoms with Gasteiger partial charge in [-0.1, -0.05) is 54.6 Å². The molecule has 2 heteroatoms. The fraction of sp³-hybridized carbons (Fsp3) is 0.400. The Morgan fingerprint density at radius 2 is 1.73 bits per heavy atom. The Labute approximate surface area is 134 Å². The highest BCUT2D eigenvalue weighted by Gasteiger charge is 2.29. The van der Waals surface area contributed by atoms with Gasteiger partial charge in [-0.25, -0.2) is 0 Å². The first-order valence-corrected chi connectivity index (χ1v) is 8.15. The number of rotatable bonds is 4. The Kier molecular flexibility index (Phi) is 4.60. The van der Waals surface area contributed by atoms with Crippen LogP contribution in [0, 0.1) is 0 Å². The van der Waals surface area contributed by atoms with Gasteiger partial charge in [0.25, 0.3) is 0 Å². The average Bonchev–Trinajstić information content (AvgIpc) is 2.54. The predicted molar refractivity (Wildman–Crippen MR) is 92.9 cm³/mol. The molecule has 0 saturated heterocycles. The van der Waals surface area contributed by atoms with E-state index in [4.69, 9.17) is 0 Å². The maximum Gasteiger partial charge on any atom is 0.0240 e. The fourth-order valence-corrected chi connectivity index (χ4v) is 3.46. The molecule has 22 heavy (non-hydrogen) atoms. The van der Waals surface area contributed by atoms with Crippen LogP contribution < -0.4 is 0 Å². The molecular formula is C20H26N2. The highest BCUT2D eigenvalue weighted by atomic mass is 15.2. The Bertz CT molecular complexity index is 606. The topological polar surface area (TPSA) is 6.48 Å². The molecular weight excluding hydrogens is 268 g/mol. The molecule has 0 bridgehead atoms. The monoisotopic (exact) mass is 294 g/mol. The molecule has 0 saturated carbocycles. The van der Waals surface area contributed by atoms with Crippen LogP contribution in [0.2, 0.25) is 0 Å². The van der Waals surface area contributed by atoms with Gasteiger partial charge in [0.05, 0.1) is 0 Å². The van der Waals surface area contributed by atoms with Crippen LogP contribution in [0.4, 0.5) is 0 Å². The minimum absolute atomic E-state index is 0.541. The molecule has 2 aromatic carbocycles. The summed E-state index contributed by atoms with van der Waals surface area (Å²) in [6, 6.07) is 20.3. The number of fused-ring (bicyclic) bond motifs is 1. The van der Waals surface area contributed by atoms with Gasteiger partial charge in [0.2, 0.25) is 0 Å². The lowest BCUT2D eigenvalue weighted by Crippen LogP contribution is -2.42. The van der Waals surface area contributed by atoms with Gasteiger partial charge in [0.15, 0.2) is 0 Å². The molecule has 1 aliphatic heterocycles. The molecule has 0 fully saturated rings. The summed E-state index contributed by atoms with van der Waals surface area (Å²) in [6.07, 6.45) is 0. The van der Waals surface area contributed by atoms with E-state index in [0.717, 1.165) is 19.6 Å². The Morgan fingerprint density at radius 1 is 1.05 bits per heavy atom. The standard InChI is InChI=1S/C20H26N2/c1-16(21(2)3)20-15-22(13-17-9-5-4-6-10-17)14-18-11-7-8-12-19(18)20/h4-12,16,20H,13-15H2,1-3H3. The lowest BCUT2D eigenvalue weighted by atomic mass is 9.84. The molecule has 1 heterocycles. The first kappa shape index (κ1) is 15.3. The van der Waals surface area contributed by atoms with Gasteiger partial charge < -0.3 is 4.90 Å². The van der Waals surface area contributed by atoms with Crippen molar-refractivity contribution >= 4 is 0 Å². The van der Waals surface area contributed by atoms with Crippen molar-refractivity contribution in [3.8, 4) is 0 Å². The number of benzene rings is 2. The smallest absolute Gasteiger partial charge is 0.0240 e. The zero-order valence-corrected chi connectivity index (χ0v) is 13.9. The summed E-state index contributed by atoms with van der Waals surface area (Å²) in [5, 5.41) is 0. The molecule has 116 valence electrons. The van der Waals surface area contributed by atoms with E-state index in [0.29, 0.717) is 12.0 Å². The molecule has 2 atom stereocenters. The number of nitrogens with zero attached hydrogens (tertiary/aromatic N) is 2. The summed E-state index contributed by atoms with van der Waals surface area (Å²) < 4.78 is 0. The maximum atomic E-state index is 2.59. The third-order valence-electron chi connectivity index (χ3n) is 4.95. The van der Waals surface area contributed by atoms with Gasteiger partial charge in [-0.2, -0.15) is 0 Å². The van der Waals surface area contributed by atoms with Crippen LogP contribution in [-0.4, -0.2) is 36.5 Å². The van der Waals surface area contributed by atoms with Gasteiger partial charge in [-0.05, 0) is 37.7 Å². The summed E-state index contributed by atoms with van der Waals surface area (Å²) in [7, 11) is 4.37. The third kappa shape index (κ3) is 3.23. The summed E-state index contributed by atoms with van der Waals surface area (Å²) >= 11 is 0. The van der Waals surface area contributed by atoms with E-state index in [1.165, 1.54) is 16.7 Å².